The van der Waals surface area contributed by atoms with Crippen LogP contribution in [0.5, 0.6) is 5.75 Å². The molecule has 2 aromatic rings. The molecular weight excluding hydrogens is 237 g/mol. The van der Waals surface area contributed by atoms with Gasteiger partial charge in [0, 0.05) is 6.07 Å². The van der Waals surface area contributed by atoms with Gasteiger partial charge in [-0.05, 0) is 12.1 Å². The summed E-state index contributed by atoms with van der Waals surface area (Å²) in [6, 6.07) is 4.92. The van der Waals surface area contributed by atoms with Gasteiger partial charge in [0.05, 0.1) is 22.5 Å². The highest BCUT2D eigenvalue weighted by Gasteiger charge is 2.17. The summed E-state index contributed by atoms with van der Waals surface area (Å²) in [5.41, 5.74) is 0.345. The number of nitrogens with zero attached hydrogens (tertiary/aromatic N) is 1. The van der Waals surface area contributed by atoms with Gasteiger partial charge in [0.2, 0.25) is 5.75 Å². The zero-order valence-electron chi connectivity index (χ0n) is 7.83. The van der Waals surface area contributed by atoms with Gasteiger partial charge in [-0.2, -0.15) is 4.73 Å². The monoisotopic (exact) mass is 243 g/mol. The zero-order valence-corrected chi connectivity index (χ0v) is 9.34. The molecule has 0 aliphatic rings. The van der Waals surface area contributed by atoms with Crippen LogP contribution in [0.25, 0.3) is 10.9 Å². The molecular formula is C10H7Cl2NO2. The van der Waals surface area contributed by atoms with E-state index in [-0.39, 0.29) is 0 Å². The Morgan fingerprint density at radius 3 is 2.73 bits per heavy atom. The number of hydrogen-bond acceptors (Lipinski definition) is 2. The number of pyridine rings is 1. The summed E-state index contributed by atoms with van der Waals surface area (Å²) in [5, 5.41) is 13.0. The summed E-state index contributed by atoms with van der Waals surface area (Å²) >= 11 is 11.9. The first-order valence-electron chi connectivity index (χ1n) is 4.19. The smallest absolute Gasteiger partial charge is 0.269 e. The third-order valence-corrected chi connectivity index (χ3v) is 2.70. The van der Waals surface area contributed by atoms with Crippen molar-refractivity contribution in [3.8, 4) is 5.75 Å². The van der Waals surface area contributed by atoms with Crippen LogP contribution in [-0.2, 0) is 0 Å². The lowest BCUT2D eigenvalue weighted by Crippen LogP contribution is -2.26. The van der Waals surface area contributed by atoms with Gasteiger partial charge in [-0.3, -0.25) is 0 Å². The third kappa shape index (κ3) is 1.58. The molecule has 1 aromatic heterocycles. The topological polar surface area (TPSA) is 36.2 Å². The van der Waals surface area contributed by atoms with E-state index < -0.39 is 0 Å². The van der Waals surface area contributed by atoms with Gasteiger partial charge in [-0.15, -0.1) is 0 Å². The average Bonchev–Trinajstić information content (AvgIpc) is 2.20. The molecule has 0 fully saturated rings. The van der Waals surface area contributed by atoms with Crippen LogP contribution < -0.4 is 9.47 Å². The van der Waals surface area contributed by atoms with Crippen molar-refractivity contribution in [2.24, 2.45) is 0 Å². The van der Waals surface area contributed by atoms with Crippen LogP contribution in [0.2, 0.25) is 10.0 Å². The van der Waals surface area contributed by atoms with E-state index in [0.717, 1.165) is 0 Å². The third-order valence-electron chi connectivity index (χ3n) is 2.11. The normalized spacial score (nSPS) is 10.6. The van der Waals surface area contributed by atoms with Crippen molar-refractivity contribution in [2.45, 2.75) is 0 Å². The number of halogens is 2. The molecule has 0 saturated heterocycles. The molecule has 0 aliphatic heterocycles. The molecule has 0 saturated carbocycles. The number of fused-ring (bicyclic) bond motifs is 1. The standard InChI is InChI=1S/C10H7Cl2NO2/c1-15-10-8(12)5-7(11)6-3-2-4-13(14)9(6)10/h2-5H,1H3. The van der Waals surface area contributed by atoms with Gasteiger partial charge in [0.1, 0.15) is 0 Å². The Hall–Kier alpha value is -1.19. The van der Waals surface area contributed by atoms with Crippen LogP contribution in [0.15, 0.2) is 24.4 Å². The first-order chi connectivity index (χ1) is 7.15. The molecule has 0 bridgehead atoms. The second-order valence-corrected chi connectivity index (χ2v) is 3.78. The molecule has 0 aliphatic carbocycles. The van der Waals surface area contributed by atoms with E-state index in [4.69, 9.17) is 27.9 Å². The quantitative estimate of drug-likeness (QED) is 0.571. The van der Waals surface area contributed by atoms with Crippen molar-refractivity contribution in [1.82, 2.24) is 0 Å². The van der Waals surface area contributed by atoms with Crippen LogP contribution >= 0.6 is 23.2 Å². The number of rotatable bonds is 1. The molecule has 1 heterocycles. The van der Waals surface area contributed by atoms with Crippen LogP contribution in [0.3, 0.4) is 0 Å². The largest absolute Gasteiger partial charge is 0.618 e. The van der Waals surface area contributed by atoms with Gasteiger partial charge in [-0.1, -0.05) is 23.2 Å². The zero-order chi connectivity index (χ0) is 11.0. The van der Waals surface area contributed by atoms with Crippen LogP contribution in [0.1, 0.15) is 0 Å². The summed E-state index contributed by atoms with van der Waals surface area (Å²) in [6.07, 6.45) is 1.37. The van der Waals surface area contributed by atoms with Gasteiger partial charge in [-0.25, -0.2) is 0 Å². The van der Waals surface area contributed by atoms with Crippen molar-refractivity contribution in [2.75, 3.05) is 7.11 Å². The molecule has 3 nitrogen and oxygen atoms in total. The van der Waals surface area contributed by atoms with E-state index in [9.17, 15) is 5.21 Å². The van der Waals surface area contributed by atoms with Crippen molar-refractivity contribution in [3.05, 3.63) is 39.6 Å². The van der Waals surface area contributed by atoms with Crippen LogP contribution in [0, 0.1) is 5.21 Å². The van der Waals surface area contributed by atoms with Crippen LogP contribution in [-0.4, -0.2) is 7.11 Å². The second-order valence-electron chi connectivity index (χ2n) is 2.97. The number of aromatic nitrogens is 1. The van der Waals surface area contributed by atoms with Crippen molar-refractivity contribution >= 4 is 34.1 Å². The average molecular weight is 244 g/mol. The minimum absolute atomic E-state index is 0.325. The summed E-state index contributed by atoms with van der Waals surface area (Å²) < 4.78 is 5.77. The molecule has 0 radical (unpaired) electrons. The van der Waals surface area contributed by atoms with E-state index in [2.05, 4.69) is 0 Å². The van der Waals surface area contributed by atoms with E-state index in [0.29, 0.717) is 31.4 Å². The lowest BCUT2D eigenvalue weighted by atomic mass is 10.2. The van der Waals surface area contributed by atoms with E-state index in [1.165, 1.54) is 13.3 Å². The Balaban J connectivity index is 2.98. The lowest BCUT2D eigenvalue weighted by molar-refractivity contribution is -0.577. The highest BCUT2D eigenvalue weighted by molar-refractivity contribution is 6.39. The second kappa shape index (κ2) is 3.76. The van der Waals surface area contributed by atoms with Gasteiger partial charge in [0.25, 0.3) is 5.52 Å². The summed E-state index contributed by atoms with van der Waals surface area (Å²) in [7, 11) is 1.46. The maximum Gasteiger partial charge on any atom is 0.269 e. The highest BCUT2D eigenvalue weighted by atomic mass is 35.5. The Kier molecular flexibility index (Phi) is 2.59. The van der Waals surface area contributed by atoms with Crippen molar-refractivity contribution < 1.29 is 9.47 Å². The fourth-order valence-electron chi connectivity index (χ4n) is 1.47. The predicted octanol–water partition coefficient (Wildman–Crippen LogP) is 2.79. The highest BCUT2D eigenvalue weighted by Crippen LogP contribution is 2.35. The SMILES string of the molecule is COc1c(Cl)cc(Cl)c2ccc[n+]([O-])c12. The molecule has 15 heavy (non-hydrogen) atoms. The molecule has 0 N–H and O–H groups in total. The Bertz CT molecular complexity index is 528. The van der Waals surface area contributed by atoms with E-state index in [1.807, 2.05) is 0 Å². The molecule has 2 rings (SSSR count). The molecule has 1 aromatic carbocycles. The minimum Gasteiger partial charge on any atom is -0.618 e. The lowest BCUT2D eigenvalue weighted by Gasteiger charge is -2.08. The summed E-state index contributed by atoms with van der Waals surface area (Å²) in [4.78, 5) is 0. The molecule has 78 valence electrons. The first kappa shape index (κ1) is 10.3. The minimum atomic E-state index is 0.325. The number of methoxy groups -OCH3 is 1. The molecule has 0 spiro atoms. The number of benzene rings is 1. The van der Waals surface area contributed by atoms with E-state index in [1.54, 1.807) is 18.2 Å². The fraction of sp³-hybridized carbons (Fsp3) is 0.100. The number of ether oxygens (including phenoxy) is 1. The van der Waals surface area contributed by atoms with E-state index >= 15 is 0 Å². The van der Waals surface area contributed by atoms with Gasteiger partial charge in [0.15, 0.2) is 6.20 Å². The Morgan fingerprint density at radius 2 is 2.07 bits per heavy atom. The van der Waals surface area contributed by atoms with Gasteiger partial charge < -0.3 is 9.94 Å². The summed E-state index contributed by atoms with van der Waals surface area (Å²) in [6.45, 7) is 0. The Morgan fingerprint density at radius 1 is 1.33 bits per heavy atom. The molecule has 0 atom stereocenters. The maximum atomic E-state index is 11.6. The Labute approximate surface area is 96.4 Å². The van der Waals surface area contributed by atoms with Crippen molar-refractivity contribution in [1.29, 1.82) is 0 Å². The predicted molar refractivity (Wildman–Crippen MR) is 59.5 cm³/mol. The maximum absolute atomic E-state index is 11.6. The number of hydrogen-bond donors (Lipinski definition) is 0. The fourth-order valence-corrected chi connectivity index (χ4v) is 2.06. The molecule has 0 unspecified atom stereocenters. The van der Waals surface area contributed by atoms with Gasteiger partial charge >= 0.3 is 0 Å². The summed E-state index contributed by atoms with van der Waals surface area (Å²) in [5.74, 6) is 0.340. The first-order valence-corrected chi connectivity index (χ1v) is 4.94. The molecule has 5 heteroatoms. The van der Waals surface area contributed by atoms with Crippen LogP contribution in [0.4, 0.5) is 0 Å². The van der Waals surface area contributed by atoms with Crippen molar-refractivity contribution in [3.63, 3.8) is 0 Å². The molecule has 0 amide bonds.